The lowest BCUT2D eigenvalue weighted by molar-refractivity contribution is -0.139. The first kappa shape index (κ1) is 33.4. The highest BCUT2D eigenvalue weighted by Crippen LogP contribution is 2.44. The van der Waals surface area contributed by atoms with Crippen molar-refractivity contribution < 1.29 is 40.6 Å². The molecule has 2 aliphatic carbocycles. The van der Waals surface area contributed by atoms with Gasteiger partial charge in [-0.2, -0.15) is 26.3 Å². The van der Waals surface area contributed by atoms with Crippen LogP contribution < -0.4 is 9.47 Å². The highest BCUT2D eigenvalue weighted by atomic mass is 19.4. The third kappa shape index (κ3) is 7.82. The highest BCUT2D eigenvalue weighted by Gasteiger charge is 2.39. The van der Waals surface area contributed by atoms with Gasteiger partial charge in [0.15, 0.2) is 0 Å². The van der Waals surface area contributed by atoms with Crippen LogP contribution in [0.3, 0.4) is 0 Å². The molecule has 2 fully saturated rings. The fraction of sp³-hybridized carbons (Fsp3) is 0.474. The second-order valence-electron chi connectivity index (χ2n) is 13.5. The molecular formula is C38H40F6O3. The lowest BCUT2D eigenvalue weighted by atomic mass is 9.89. The molecule has 2 aliphatic rings. The van der Waals surface area contributed by atoms with Crippen molar-refractivity contribution in [1.29, 1.82) is 0 Å². The number of hydrogen-bond acceptors (Lipinski definition) is 3. The molecule has 0 atom stereocenters. The molecule has 4 aromatic rings. The summed E-state index contributed by atoms with van der Waals surface area (Å²) in [6.07, 6.45) is -3.20. The standard InChI is InChI=1S/C38H40F6O3/c1-23-3-13-29(14-4-23)46-33-17-11-27-9-7-25(19-31(27)35(33)37(39,40)41)21-45-22-26-8-10-28-12-18-34(36(32(28)20-26)38(42,43)44)47-30-15-5-24(2)6-16-30/h7-12,17-20,23-24,29-30H,3-6,13-16,21-22H2,1-2H3. The van der Waals surface area contributed by atoms with Gasteiger partial charge in [0.1, 0.15) is 22.6 Å². The minimum Gasteiger partial charge on any atom is -0.490 e. The van der Waals surface area contributed by atoms with Crippen LogP contribution in [-0.2, 0) is 30.3 Å². The quantitative estimate of drug-likeness (QED) is 0.176. The molecule has 0 amide bonds. The van der Waals surface area contributed by atoms with E-state index in [0.29, 0.717) is 33.7 Å². The van der Waals surface area contributed by atoms with E-state index in [9.17, 15) is 26.3 Å². The normalized spacial score (nSPS) is 22.5. The molecule has 252 valence electrons. The molecule has 47 heavy (non-hydrogen) atoms. The minimum absolute atomic E-state index is 0.0216. The first-order valence-electron chi connectivity index (χ1n) is 16.5. The summed E-state index contributed by atoms with van der Waals surface area (Å²) in [4.78, 5) is 0. The van der Waals surface area contributed by atoms with Crippen LogP contribution in [0.5, 0.6) is 11.5 Å². The van der Waals surface area contributed by atoms with E-state index in [0.717, 1.165) is 51.4 Å². The number of fused-ring (bicyclic) bond motifs is 2. The third-order valence-electron chi connectivity index (χ3n) is 9.71. The third-order valence-corrected chi connectivity index (χ3v) is 9.71. The summed E-state index contributed by atoms with van der Waals surface area (Å²) in [5.74, 6) is 0.750. The van der Waals surface area contributed by atoms with Gasteiger partial charge in [-0.1, -0.05) is 50.2 Å². The molecule has 0 aliphatic heterocycles. The highest BCUT2D eigenvalue weighted by molar-refractivity contribution is 5.90. The Labute approximate surface area is 271 Å². The monoisotopic (exact) mass is 658 g/mol. The van der Waals surface area contributed by atoms with E-state index in [1.807, 2.05) is 0 Å². The summed E-state index contributed by atoms with van der Waals surface area (Å²) in [6, 6.07) is 15.6. The predicted molar refractivity (Wildman–Crippen MR) is 170 cm³/mol. The first-order valence-corrected chi connectivity index (χ1v) is 16.5. The maximum atomic E-state index is 14.4. The molecule has 0 heterocycles. The van der Waals surface area contributed by atoms with E-state index in [1.165, 1.54) is 24.3 Å². The van der Waals surface area contributed by atoms with Crippen molar-refractivity contribution in [3.8, 4) is 11.5 Å². The molecule has 2 saturated carbocycles. The summed E-state index contributed by atoms with van der Waals surface area (Å²) in [6.45, 7) is 4.24. The van der Waals surface area contributed by atoms with Crippen molar-refractivity contribution in [3.63, 3.8) is 0 Å². The number of hydrogen-bond donors (Lipinski definition) is 0. The van der Waals surface area contributed by atoms with Gasteiger partial charge >= 0.3 is 12.4 Å². The van der Waals surface area contributed by atoms with Gasteiger partial charge in [0.05, 0.1) is 25.4 Å². The topological polar surface area (TPSA) is 27.7 Å². The molecule has 0 unspecified atom stereocenters. The van der Waals surface area contributed by atoms with Crippen LogP contribution in [0.4, 0.5) is 26.3 Å². The minimum atomic E-state index is -4.63. The van der Waals surface area contributed by atoms with Crippen LogP contribution in [0.1, 0.15) is 87.5 Å². The predicted octanol–water partition coefficient (Wildman–Crippen LogP) is 11.7. The smallest absolute Gasteiger partial charge is 0.420 e. The van der Waals surface area contributed by atoms with Gasteiger partial charge in [0.2, 0.25) is 0 Å². The van der Waals surface area contributed by atoms with Crippen molar-refractivity contribution in [1.82, 2.24) is 0 Å². The molecule has 0 bridgehead atoms. The molecule has 0 N–H and O–H groups in total. The second-order valence-corrected chi connectivity index (χ2v) is 13.5. The van der Waals surface area contributed by atoms with Crippen molar-refractivity contribution >= 4 is 21.5 Å². The van der Waals surface area contributed by atoms with Gasteiger partial charge in [0, 0.05) is 0 Å². The number of halogens is 6. The van der Waals surface area contributed by atoms with Crippen molar-refractivity contribution in [3.05, 3.63) is 82.9 Å². The van der Waals surface area contributed by atoms with E-state index < -0.39 is 23.5 Å². The Balaban J connectivity index is 1.21. The van der Waals surface area contributed by atoms with Crippen molar-refractivity contribution in [2.24, 2.45) is 11.8 Å². The summed E-state index contributed by atoms with van der Waals surface area (Å²) in [5, 5.41) is 0.919. The molecular weight excluding hydrogens is 618 g/mol. The molecule has 0 saturated heterocycles. The molecule has 6 rings (SSSR count). The van der Waals surface area contributed by atoms with Gasteiger partial charge in [-0.25, -0.2) is 0 Å². The van der Waals surface area contributed by atoms with Crippen LogP contribution >= 0.6 is 0 Å². The van der Waals surface area contributed by atoms with Gasteiger partial charge in [-0.15, -0.1) is 0 Å². The fourth-order valence-electron chi connectivity index (χ4n) is 6.99. The van der Waals surface area contributed by atoms with E-state index in [-0.39, 0.29) is 47.7 Å². The lowest BCUT2D eigenvalue weighted by Gasteiger charge is -2.28. The maximum absolute atomic E-state index is 14.4. The Hall–Kier alpha value is -3.46. The van der Waals surface area contributed by atoms with Crippen molar-refractivity contribution in [2.45, 2.75) is 103 Å². The molecule has 0 aromatic heterocycles. The number of benzene rings is 4. The Bertz CT molecular complexity index is 1570. The van der Waals surface area contributed by atoms with Crippen LogP contribution in [-0.4, -0.2) is 12.2 Å². The van der Waals surface area contributed by atoms with Gasteiger partial charge in [0.25, 0.3) is 0 Å². The summed E-state index contributed by atoms with van der Waals surface area (Å²) in [5.41, 5.74) is -0.572. The van der Waals surface area contributed by atoms with Crippen LogP contribution in [0.2, 0.25) is 0 Å². The van der Waals surface area contributed by atoms with E-state index in [1.54, 1.807) is 36.4 Å². The van der Waals surface area contributed by atoms with Crippen molar-refractivity contribution in [2.75, 3.05) is 0 Å². The Morgan fingerprint density at radius 2 is 0.894 bits per heavy atom. The molecule has 0 radical (unpaired) electrons. The van der Waals surface area contributed by atoms with Crippen LogP contribution in [0.25, 0.3) is 21.5 Å². The number of alkyl halides is 6. The van der Waals surface area contributed by atoms with Gasteiger partial charge in [-0.3, -0.25) is 0 Å². The summed E-state index contributed by atoms with van der Waals surface area (Å²) in [7, 11) is 0. The zero-order chi connectivity index (χ0) is 33.3. The zero-order valence-electron chi connectivity index (χ0n) is 26.6. The maximum Gasteiger partial charge on any atom is 0.420 e. The average molecular weight is 659 g/mol. The SMILES string of the molecule is CC1CCC(Oc2ccc3ccc(COCc4ccc5ccc(OC6CCC(C)CC6)c(C(F)(F)F)c5c4)cc3c2C(F)(F)F)CC1. The van der Waals surface area contributed by atoms with Gasteiger partial charge < -0.3 is 14.2 Å². The van der Waals surface area contributed by atoms with E-state index >= 15 is 0 Å². The Morgan fingerprint density at radius 1 is 0.532 bits per heavy atom. The largest absolute Gasteiger partial charge is 0.490 e. The number of rotatable bonds is 8. The molecule has 0 spiro atoms. The number of ether oxygens (including phenoxy) is 3. The Kier molecular flexibility index (Phi) is 9.66. The zero-order valence-corrected chi connectivity index (χ0v) is 26.6. The average Bonchev–Trinajstić information content (AvgIpc) is 3.01. The molecule has 4 aromatic carbocycles. The lowest BCUT2D eigenvalue weighted by Crippen LogP contribution is -2.24. The van der Waals surface area contributed by atoms with E-state index in [4.69, 9.17) is 14.2 Å². The van der Waals surface area contributed by atoms with Crippen LogP contribution in [0, 0.1) is 11.8 Å². The Morgan fingerprint density at radius 3 is 1.26 bits per heavy atom. The second kappa shape index (κ2) is 13.6. The van der Waals surface area contributed by atoms with Crippen LogP contribution in [0.15, 0.2) is 60.7 Å². The fourth-order valence-corrected chi connectivity index (χ4v) is 6.99. The summed E-state index contributed by atoms with van der Waals surface area (Å²) >= 11 is 0. The van der Waals surface area contributed by atoms with Gasteiger partial charge in [-0.05, 0) is 120 Å². The molecule has 9 heteroatoms. The summed E-state index contributed by atoms with van der Waals surface area (Å²) < 4.78 is 104. The molecule has 3 nitrogen and oxygen atoms in total. The van der Waals surface area contributed by atoms with E-state index in [2.05, 4.69) is 13.8 Å². The first-order chi connectivity index (χ1) is 22.3.